The van der Waals surface area contributed by atoms with Crippen molar-refractivity contribution in [3.05, 3.63) is 23.8 Å². The Morgan fingerprint density at radius 1 is 0.957 bits per heavy atom. The van der Waals surface area contributed by atoms with Gasteiger partial charge in [0.2, 0.25) is 0 Å². The topological polar surface area (TPSA) is 32.3 Å². The molecule has 4 heteroatoms. The molecule has 4 fully saturated rings. The van der Waals surface area contributed by atoms with Crippen molar-refractivity contribution >= 4 is 0 Å². The third-order valence-electron chi connectivity index (χ3n) is 6.09. The molecule has 4 aliphatic rings. The molecule has 0 unspecified atom stereocenters. The van der Waals surface area contributed by atoms with Gasteiger partial charge in [0.15, 0.2) is 0 Å². The number of fused-ring (bicyclic) bond motifs is 4. The molecule has 1 aromatic rings. The molecule has 1 aromatic heterocycles. The number of likely N-dealkylation sites (N-methyl/N-ethyl adjacent to an activating group) is 1. The Balaban J connectivity index is 1.41. The molecule has 0 N–H and O–H groups in total. The van der Waals surface area contributed by atoms with Gasteiger partial charge in [-0.2, -0.15) is 0 Å². The van der Waals surface area contributed by atoms with Crippen molar-refractivity contribution < 1.29 is 0 Å². The molecule has 23 heavy (non-hydrogen) atoms. The molecule has 1 aliphatic carbocycles. The second kappa shape index (κ2) is 6.86. The molecule has 126 valence electrons. The molecule has 3 saturated heterocycles. The first kappa shape index (κ1) is 15.5. The predicted octanol–water partition coefficient (Wildman–Crippen LogP) is 3.05. The fourth-order valence-electron chi connectivity index (χ4n) is 4.86. The van der Waals surface area contributed by atoms with E-state index in [1.807, 2.05) is 0 Å². The van der Waals surface area contributed by atoms with Crippen LogP contribution < -0.4 is 0 Å². The third kappa shape index (κ3) is 3.58. The average Bonchev–Trinajstić information content (AvgIpc) is 2.85. The van der Waals surface area contributed by atoms with E-state index < -0.39 is 0 Å². The Morgan fingerprint density at radius 3 is 2.52 bits per heavy atom. The van der Waals surface area contributed by atoms with Gasteiger partial charge < -0.3 is 4.90 Å². The fourth-order valence-corrected chi connectivity index (χ4v) is 4.86. The van der Waals surface area contributed by atoms with Crippen LogP contribution in [0.1, 0.15) is 62.3 Å². The van der Waals surface area contributed by atoms with Crippen molar-refractivity contribution in [2.75, 3.05) is 26.7 Å². The van der Waals surface area contributed by atoms with Crippen LogP contribution in [0.2, 0.25) is 0 Å². The zero-order valence-corrected chi connectivity index (χ0v) is 14.5. The molecule has 4 heterocycles. The molecule has 5 rings (SSSR count). The van der Waals surface area contributed by atoms with Crippen LogP contribution in [0.25, 0.3) is 0 Å². The summed E-state index contributed by atoms with van der Waals surface area (Å²) in [7, 11) is 2.27. The van der Waals surface area contributed by atoms with Crippen molar-refractivity contribution in [1.29, 1.82) is 0 Å². The number of nitrogens with zero attached hydrogens (tertiary/aromatic N) is 4. The summed E-state index contributed by atoms with van der Waals surface area (Å²) in [4.78, 5) is 14.6. The Labute approximate surface area is 140 Å². The quantitative estimate of drug-likeness (QED) is 0.858. The summed E-state index contributed by atoms with van der Waals surface area (Å²) in [6, 6.07) is 0.719. The van der Waals surface area contributed by atoms with Crippen LogP contribution in [0.3, 0.4) is 0 Å². The number of piperidine rings is 1. The first-order valence-corrected chi connectivity index (χ1v) is 9.51. The second-order valence-electron chi connectivity index (χ2n) is 8.03. The minimum atomic E-state index is 0.612. The van der Waals surface area contributed by atoms with Crippen LogP contribution >= 0.6 is 0 Å². The van der Waals surface area contributed by atoms with E-state index in [0.717, 1.165) is 24.3 Å². The van der Waals surface area contributed by atoms with Crippen LogP contribution in [-0.4, -0.2) is 52.5 Å². The zero-order chi connectivity index (χ0) is 15.6. The lowest BCUT2D eigenvalue weighted by molar-refractivity contribution is 0.124. The highest BCUT2D eigenvalue weighted by atomic mass is 15.2. The maximum Gasteiger partial charge on any atom is 0.131 e. The van der Waals surface area contributed by atoms with Gasteiger partial charge >= 0.3 is 0 Å². The summed E-state index contributed by atoms with van der Waals surface area (Å²) in [6.07, 6.45) is 13.6. The van der Waals surface area contributed by atoms with Gasteiger partial charge in [-0.05, 0) is 38.6 Å². The first-order chi connectivity index (χ1) is 11.3. The summed E-state index contributed by atoms with van der Waals surface area (Å²) >= 11 is 0. The maximum absolute atomic E-state index is 4.72. The highest BCUT2D eigenvalue weighted by Gasteiger charge is 2.33. The van der Waals surface area contributed by atoms with Gasteiger partial charge in [-0.1, -0.05) is 19.3 Å². The predicted molar refractivity (Wildman–Crippen MR) is 92.3 cm³/mol. The second-order valence-corrected chi connectivity index (χ2v) is 8.03. The molecule has 4 nitrogen and oxygen atoms in total. The zero-order valence-electron chi connectivity index (χ0n) is 14.5. The molecule has 3 aliphatic heterocycles. The van der Waals surface area contributed by atoms with Crippen LogP contribution in [0, 0.1) is 5.92 Å². The molecule has 0 spiro atoms. The number of hydrogen-bond donors (Lipinski definition) is 0. The van der Waals surface area contributed by atoms with Crippen LogP contribution in [-0.2, 0) is 6.54 Å². The first-order valence-electron chi connectivity index (χ1n) is 9.51. The van der Waals surface area contributed by atoms with Gasteiger partial charge in [-0.3, -0.25) is 4.90 Å². The Morgan fingerprint density at radius 2 is 1.74 bits per heavy atom. The summed E-state index contributed by atoms with van der Waals surface area (Å²) in [5.74, 6) is 2.55. The summed E-state index contributed by atoms with van der Waals surface area (Å²) in [5.41, 5.74) is 1.29. The monoisotopic (exact) mass is 314 g/mol. The standard InChI is InChI=1S/C19H30N4/c1-22-11-15-7-8-18(14-22)23(12-15)13-16-9-20-19(21-10-16)17-5-3-2-4-6-17/h9-10,15,17-18H,2-8,11-14H2,1H3/t15-,18+/m0/s1. The normalized spacial score (nSPS) is 30.5. The summed E-state index contributed by atoms with van der Waals surface area (Å²) in [5, 5.41) is 0. The molecule has 1 saturated carbocycles. The lowest BCUT2D eigenvalue weighted by Crippen LogP contribution is -2.43. The van der Waals surface area contributed by atoms with E-state index in [1.165, 1.54) is 70.1 Å². The molecular weight excluding hydrogens is 284 g/mol. The van der Waals surface area contributed by atoms with Gasteiger partial charge in [-0.15, -0.1) is 0 Å². The minimum absolute atomic E-state index is 0.612. The van der Waals surface area contributed by atoms with E-state index in [0.29, 0.717) is 5.92 Å². The van der Waals surface area contributed by atoms with E-state index in [2.05, 4.69) is 29.2 Å². The molecule has 0 amide bonds. The molecular formula is C19H30N4. The Hall–Kier alpha value is -1.00. The van der Waals surface area contributed by atoms with Crippen molar-refractivity contribution in [3.8, 4) is 0 Å². The van der Waals surface area contributed by atoms with Gasteiger partial charge in [0.05, 0.1) is 0 Å². The van der Waals surface area contributed by atoms with Gasteiger partial charge in [0.25, 0.3) is 0 Å². The lowest BCUT2D eigenvalue weighted by atomic mass is 9.89. The highest BCUT2D eigenvalue weighted by molar-refractivity contribution is 5.09. The largest absolute Gasteiger partial charge is 0.304 e. The van der Waals surface area contributed by atoms with Crippen LogP contribution in [0.5, 0.6) is 0 Å². The molecule has 0 aromatic carbocycles. The van der Waals surface area contributed by atoms with E-state index in [-0.39, 0.29) is 0 Å². The summed E-state index contributed by atoms with van der Waals surface area (Å²) in [6.45, 7) is 4.76. The lowest BCUT2D eigenvalue weighted by Gasteiger charge is -2.36. The smallest absolute Gasteiger partial charge is 0.131 e. The SMILES string of the molecule is CN1C[C@@H]2CC[C@H](C1)N(Cc1cnc(C3CCCCC3)nc1)C2. The number of aromatic nitrogens is 2. The van der Waals surface area contributed by atoms with E-state index in [1.54, 1.807) is 0 Å². The fraction of sp³-hybridized carbons (Fsp3) is 0.789. The summed E-state index contributed by atoms with van der Waals surface area (Å²) < 4.78 is 0. The van der Waals surface area contributed by atoms with Crippen LogP contribution in [0.15, 0.2) is 12.4 Å². The Bertz CT molecular complexity index is 509. The van der Waals surface area contributed by atoms with Crippen molar-refractivity contribution in [2.45, 2.75) is 63.5 Å². The van der Waals surface area contributed by atoms with Gasteiger partial charge in [0.1, 0.15) is 5.82 Å². The minimum Gasteiger partial charge on any atom is -0.304 e. The van der Waals surface area contributed by atoms with Crippen molar-refractivity contribution in [3.63, 3.8) is 0 Å². The van der Waals surface area contributed by atoms with Crippen molar-refractivity contribution in [2.24, 2.45) is 5.92 Å². The van der Waals surface area contributed by atoms with Gasteiger partial charge in [-0.25, -0.2) is 9.97 Å². The van der Waals surface area contributed by atoms with Crippen molar-refractivity contribution in [1.82, 2.24) is 19.8 Å². The molecule has 2 atom stereocenters. The maximum atomic E-state index is 4.72. The number of hydrogen-bond acceptors (Lipinski definition) is 4. The van der Waals surface area contributed by atoms with E-state index in [4.69, 9.17) is 9.97 Å². The van der Waals surface area contributed by atoms with Crippen LogP contribution in [0.4, 0.5) is 0 Å². The average molecular weight is 314 g/mol. The van der Waals surface area contributed by atoms with E-state index in [9.17, 15) is 0 Å². The highest BCUT2D eigenvalue weighted by Crippen LogP contribution is 2.31. The van der Waals surface area contributed by atoms with Gasteiger partial charge in [0, 0.05) is 56.1 Å². The number of rotatable bonds is 3. The molecule has 0 radical (unpaired) electrons. The molecule has 2 bridgehead atoms. The third-order valence-corrected chi connectivity index (χ3v) is 6.09. The van der Waals surface area contributed by atoms with E-state index >= 15 is 0 Å². The Kier molecular flexibility index (Phi) is 4.63.